The third kappa shape index (κ3) is 1.41. The topological polar surface area (TPSA) is 69.9 Å². The molecule has 1 aliphatic heterocycles. The van der Waals surface area contributed by atoms with Crippen molar-refractivity contribution in [3.63, 3.8) is 0 Å². The molecule has 1 rings (SSSR count). The summed E-state index contributed by atoms with van der Waals surface area (Å²) < 4.78 is 4.59. The number of hydrogen-bond acceptors (Lipinski definition) is 4. The first kappa shape index (κ1) is 8.23. The quantitative estimate of drug-likeness (QED) is 0.392. The SMILES string of the molecule is O[C@@H]1[C@@H](O)[C@@H](O)OC[C@H]1Cl. The van der Waals surface area contributed by atoms with Crippen LogP contribution >= 0.6 is 11.6 Å². The summed E-state index contributed by atoms with van der Waals surface area (Å²) in [6, 6.07) is 0. The second-order valence-electron chi connectivity index (χ2n) is 2.22. The maximum Gasteiger partial charge on any atom is 0.183 e. The van der Waals surface area contributed by atoms with Crippen LogP contribution in [0.1, 0.15) is 0 Å². The molecule has 3 N–H and O–H groups in total. The maximum atomic E-state index is 8.99. The molecule has 0 radical (unpaired) electrons. The largest absolute Gasteiger partial charge is 0.389 e. The highest BCUT2D eigenvalue weighted by Gasteiger charge is 2.36. The van der Waals surface area contributed by atoms with Crippen LogP contribution in [0.15, 0.2) is 0 Å². The number of rotatable bonds is 0. The summed E-state index contributed by atoms with van der Waals surface area (Å²) in [6.45, 7) is 0.0565. The lowest BCUT2D eigenvalue weighted by Gasteiger charge is -2.31. The molecule has 10 heavy (non-hydrogen) atoms. The van der Waals surface area contributed by atoms with Crippen molar-refractivity contribution in [3.8, 4) is 0 Å². The van der Waals surface area contributed by atoms with Crippen molar-refractivity contribution >= 4 is 11.6 Å². The Hall–Kier alpha value is 0.130. The number of alkyl halides is 1. The monoisotopic (exact) mass is 168 g/mol. The van der Waals surface area contributed by atoms with Gasteiger partial charge in [0.25, 0.3) is 0 Å². The van der Waals surface area contributed by atoms with Gasteiger partial charge in [-0.05, 0) is 0 Å². The highest BCUT2D eigenvalue weighted by molar-refractivity contribution is 6.21. The van der Waals surface area contributed by atoms with Crippen LogP contribution in [0.4, 0.5) is 0 Å². The Balaban J connectivity index is 2.52. The second kappa shape index (κ2) is 3.02. The van der Waals surface area contributed by atoms with Crippen LogP contribution in [0, 0.1) is 0 Å². The van der Waals surface area contributed by atoms with Crippen molar-refractivity contribution in [3.05, 3.63) is 0 Å². The van der Waals surface area contributed by atoms with Crippen LogP contribution in [-0.2, 0) is 4.74 Å². The highest BCUT2D eigenvalue weighted by Crippen LogP contribution is 2.17. The zero-order valence-corrected chi connectivity index (χ0v) is 5.90. The fourth-order valence-corrected chi connectivity index (χ4v) is 0.992. The summed E-state index contributed by atoms with van der Waals surface area (Å²) in [5.74, 6) is 0. The van der Waals surface area contributed by atoms with Gasteiger partial charge in [0.1, 0.15) is 12.2 Å². The minimum atomic E-state index is -1.31. The molecule has 5 heteroatoms. The third-order valence-electron chi connectivity index (χ3n) is 1.44. The van der Waals surface area contributed by atoms with Gasteiger partial charge in [-0.3, -0.25) is 0 Å². The van der Waals surface area contributed by atoms with Crippen molar-refractivity contribution in [2.45, 2.75) is 23.9 Å². The van der Waals surface area contributed by atoms with E-state index in [-0.39, 0.29) is 6.61 Å². The molecule has 1 fully saturated rings. The summed E-state index contributed by atoms with van der Waals surface area (Å²) in [5.41, 5.74) is 0. The third-order valence-corrected chi connectivity index (χ3v) is 1.82. The van der Waals surface area contributed by atoms with Crippen LogP contribution in [0.3, 0.4) is 0 Å². The second-order valence-corrected chi connectivity index (χ2v) is 2.78. The summed E-state index contributed by atoms with van der Waals surface area (Å²) >= 11 is 5.48. The van der Waals surface area contributed by atoms with E-state index in [0.29, 0.717) is 0 Å². The zero-order valence-electron chi connectivity index (χ0n) is 5.14. The zero-order chi connectivity index (χ0) is 7.72. The number of aliphatic hydroxyl groups excluding tert-OH is 3. The van der Waals surface area contributed by atoms with Gasteiger partial charge >= 0.3 is 0 Å². The smallest absolute Gasteiger partial charge is 0.183 e. The number of aliphatic hydroxyl groups is 3. The maximum absolute atomic E-state index is 8.99. The Bertz CT molecular complexity index is 106. The lowest BCUT2D eigenvalue weighted by Crippen LogP contribution is -2.50. The van der Waals surface area contributed by atoms with Crippen molar-refractivity contribution in [1.29, 1.82) is 0 Å². The first-order valence-corrected chi connectivity index (χ1v) is 3.36. The van der Waals surface area contributed by atoms with Crippen LogP contribution < -0.4 is 0 Å². The molecule has 1 aliphatic rings. The van der Waals surface area contributed by atoms with Crippen molar-refractivity contribution < 1.29 is 20.1 Å². The Kier molecular flexibility index (Phi) is 2.49. The lowest BCUT2D eigenvalue weighted by molar-refractivity contribution is -0.217. The number of ether oxygens (including phenoxy) is 1. The molecule has 0 bridgehead atoms. The van der Waals surface area contributed by atoms with Crippen LogP contribution in [0.2, 0.25) is 0 Å². The summed E-state index contributed by atoms with van der Waals surface area (Å²) in [4.78, 5) is 0. The van der Waals surface area contributed by atoms with Gasteiger partial charge in [-0.15, -0.1) is 11.6 Å². The molecule has 4 nitrogen and oxygen atoms in total. The lowest BCUT2D eigenvalue weighted by atomic mass is 10.1. The van der Waals surface area contributed by atoms with E-state index in [9.17, 15) is 0 Å². The molecule has 0 amide bonds. The van der Waals surface area contributed by atoms with Crippen LogP contribution in [0.5, 0.6) is 0 Å². The van der Waals surface area contributed by atoms with Gasteiger partial charge in [0.2, 0.25) is 0 Å². The fourth-order valence-electron chi connectivity index (χ4n) is 0.770. The van der Waals surface area contributed by atoms with Gasteiger partial charge in [0, 0.05) is 0 Å². The van der Waals surface area contributed by atoms with Crippen molar-refractivity contribution in [1.82, 2.24) is 0 Å². The summed E-state index contributed by atoms with van der Waals surface area (Å²) in [5, 5.41) is 26.0. The molecule has 1 saturated heterocycles. The molecular weight excluding hydrogens is 160 g/mol. The van der Waals surface area contributed by atoms with E-state index in [1.165, 1.54) is 0 Å². The molecule has 0 saturated carbocycles. The van der Waals surface area contributed by atoms with E-state index in [1.807, 2.05) is 0 Å². The van der Waals surface area contributed by atoms with Gasteiger partial charge in [0.05, 0.1) is 12.0 Å². The van der Waals surface area contributed by atoms with E-state index in [4.69, 9.17) is 26.9 Å². The Labute approximate surface area is 63.0 Å². The van der Waals surface area contributed by atoms with E-state index >= 15 is 0 Å². The molecule has 0 aromatic carbocycles. The highest BCUT2D eigenvalue weighted by atomic mass is 35.5. The minimum Gasteiger partial charge on any atom is -0.389 e. The molecule has 0 aromatic rings. The first-order valence-electron chi connectivity index (χ1n) is 2.93. The molecule has 4 atom stereocenters. The van der Waals surface area contributed by atoms with E-state index < -0.39 is 23.9 Å². The average Bonchev–Trinajstić information content (AvgIpc) is 1.93. The van der Waals surface area contributed by atoms with E-state index in [2.05, 4.69) is 4.74 Å². The number of hydrogen-bond donors (Lipinski definition) is 3. The molecule has 0 unspecified atom stereocenters. The van der Waals surface area contributed by atoms with Crippen LogP contribution in [0.25, 0.3) is 0 Å². The van der Waals surface area contributed by atoms with Gasteiger partial charge < -0.3 is 20.1 Å². The molecule has 60 valence electrons. The fraction of sp³-hybridized carbons (Fsp3) is 1.00. The summed E-state index contributed by atoms with van der Waals surface area (Å²) in [6.07, 6.45) is -3.72. The Morgan fingerprint density at radius 1 is 1.20 bits per heavy atom. The molecule has 0 aromatic heterocycles. The average molecular weight is 169 g/mol. The Morgan fingerprint density at radius 3 is 2.30 bits per heavy atom. The van der Waals surface area contributed by atoms with Crippen molar-refractivity contribution in [2.75, 3.05) is 6.61 Å². The molecule has 0 aliphatic carbocycles. The van der Waals surface area contributed by atoms with Gasteiger partial charge in [-0.1, -0.05) is 0 Å². The minimum absolute atomic E-state index is 0.0565. The molecule has 1 heterocycles. The predicted molar refractivity (Wildman–Crippen MR) is 33.6 cm³/mol. The van der Waals surface area contributed by atoms with Gasteiger partial charge in [-0.2, -0.15) is 0 Å². The van der Waals surface area contributed by atoms with Crippen molar-refractivity contribution in [2.24, 2.45) is 0 Å². The predicted octanol–water partition coefficient (Wildman–Crippen LogP) is -1.34. The van der Waals surface area contributed by atoms with Gasteiger partial charge in [0.15, 0.2) is 6.29 Å². The molecule has 0 spiro atoms. The van der Waals surface area contributed by atoms with Crippen LogP contribution in [-0.4, -0.2) is 45.8 Å². The first-order chi connectivity index (χ1) is 4.63. The summed E-state index contributed by atoms with van der Waals surface area (Å²) in [7, 11) is 0. The number of halogens is 1. The normalized spacial score (nSPS) is 49.2. The van der Waals surface area contributed by atoms with Gasteiger partial charge in [-0.25, -0.2) is 0 Å². The van der Waals surface area contributed by atoms with E-state index in [0.717, 1.165) is 0 Å². The van der Waals surface area contributed by atoms with E-state index in [1.54, 1.807) is 0 Å². The standard InChI is InChI=1S/C5H9ClO4/c6-2-1-10-5(9)4(8)3(2)7/h2-5,7-9H,1H2/t2-,3+,4-,5+/m1/s1. The Morgan fingerprint density at radius 2 is 1.80 bits per heavy atom. The molecular formula is C5H9ClO4.